The molecule has 0 atom stereocenters. The molecular formula is C22H30FN5O3. The van der Waals surface area contributed by atoms with Gasteiger partial charge in [0.2, 0.25) is 5.91 Å². The fourth-order valence-corrected chi connectivity index (χ4v) is 3.43. The Morgan fingerprint density at radius 3 is 2.77 bits per heavy atom. The predicted octanol–water partition coefficient (Wildman–Crippen LogP) is 4.05. The lowest BCUT2D eigenvalue weighted by atomic mass is 10.1. The molecule has 0 aliphatic carbocycles. The second-order valence-electron chi connectivity index (χ2n) is 8.68. The maximum Gasteiger partial charge on any atom is 0.407 e. The number of alkyl carbamates (subject to hydrolysis) is 1. The number of fused-ring (bicyclic) bond motifs is 1. The van der Waals surface area contributed by atoms with Crippen molar-refractivity contribution in [1.29, 1.82) is 0 Å². The van der Waals surface area contributed by atoms with Gasteiger partial charge in [-0.15, -0.1) is 10.2 Å². The maximum atomic E-state index is 14.3. The Morgan fingerprint density at radius 1 is 1.19 bits per heavy atom. The largest absolute Gasteiger partial charge is 0.444 e. The first-order valence-electron chi connectivity index (χ1n) is 10.7. The Labute approximate surface area is 181 Å². The number of aryl methyl sites for hydroxylation is 1. The van der Waals surface area contributed by atoms with Gasteiger partial charge in [-0.2, -0.15) is 0 Å². The zero-order chi connectivity index (χ0) is 22.4. The van der Waals surface area contributed by atoms with Crippen LogP contribution in [-0.2, 0) is 22.5 Å². The fraction of sp³-hybridized carbons (Fsp3) is 0.545. The van der Waals surface area contributed by atoms with Gasteiger partial charge in [-0.05, 0) is 58.2 Å². The normalized spacial score (nSPS) is 13.8. The third-order valence-corrected chi connectivity index (χ3v) is 4.86. The van der Waals surface area contributed by atoms with Gasteiger partial charge in [-0.25, -0.2) is 9.18 Å². The standard InChI is InChI=1S/C22H30FN5O3/c1-22(2,3)31-21(30)24-12-7-9-19(29)25-17-14-15(10-11-16(17)23)20-27-26-18-8-5-4-6-13-28(18)20/h10-11,14H,4-9,12-13H2,1-3H3,(H,24,30)(H,25,29). The lowest BCUT2D eigenvalue weighted by Crippen LogP contribution is -2.33. The smallest absolute Gasteiger partial charge is 0.407 e. The van der Waals surface area contributed by atoms with Gasteiger partial charge in [0.25, 0.3) is 0 Å². The van der Waals surface area contributed by atoms with Gasteiger partial charge < -0.3 is 19.9 Å². The van der Waals surface area contributed by atoms with Gasteiger partial charge in [-0.3, -0.25) is 4.79 Å². The van der Waals surface area contributed by atoms with Crippen molar-refractivity contribution in [3.8, 4) is 11.4 Å². The number of benzene rings is 1. The number of carbonyl (C=O) groups is 2. The van der Waals surface area contributed by atoms with E-state index in [2.05, 4.69) is 25.4 Å². The third-order valence-electron chi connectivity index (χ3n) is 4.86. The summed E-state index contributed by atoms with van der Waals surface area (Å²) in [6.07, 6.45) is 4.19. The minimum Gasteiger partial charge on any atom is -0.444 e. The zero-order valence-corrected chi connectivity index (χ0v) is 18.3. The van der Waals surface area contributed by atoms with Crippen LogP contribution in [0, 0.1) is 5.82 Å². The number of carbonyl (C=O) groups excluding carboxylic acids is 2. The SMILES string of the molecule is CC(C)(C)OC(=O)NCCCC(=O)Nc1cc(-c2nnc3n2CCCCC3)ccc1F. The summed E-state index contributed by atoms with van der Waals surface area (Å²) in [4.78, 5) is 23.9. The molecule has 31 heavy (non-hydrogen) atoms. The highest BCUT2D eigenvalue weighted by Crippen LogP contribution is 2.26. The monoisotopic (exact) mass is 431 g/mol. The van der Waals surface area contributed by atoms with Gasteiger partial charge in [0.15, 0.2) is 5.82 Å². The van der Waals surface area contributed by atoms with Crippen molar-refractivity contribution in [2.24, 2.45) is 0 Å². The minimum absolute atomic E-state index is 0.105. The predicted molar refractivity (Wildman–Crippen MR) is 115 cm³/mol. The molecule has 0 bridgehead atoms. The van der Waals surface area contributed by atoms with Crippen molar-refractivity contribution in [3.63, 3.8) is 0 Å². The van der Waals surface area contributed by atoms with Crippen LogP contribution in [-0.4, -0.2) is 38.9 Å². The molecule has 1 aromatic carbocycles. The maximum absolute atomic E-state index is 14.3. The molecule has 0 radical (unpaired) electrons. The van der Waals surface area contributed by atoms with Crippen LogP contribution in [0.2, 0.25) is 0 Å². The van der Waals surface area contributed by atoms with E-state index in [1.54, 1.807) is 32.9 Å². The average Bonchev–Trinajstić information content (AvgIpc) is 2.94. The van der Waals surface area contributed by atoms with E-state index in [-0.39, 0.29) is 24.6 Å². The number of rotatable bonds is 6. The van der Waals surface area contributed by atoms with E-state index in [1.807, 2.05) is 0 Å². The van der Waals surface area contributed by atoms with E-state index >= 15 is 0 Å². The van der Waals surface area contributed by atoms with E-state index in [9.17, 15) is 14.0 Å². The van der Waals surface area contributed by atoms with Gasteiger partial charge in [0.1, 0.15) is 17.2 Å². The number of nitrogens with zero attached hydrogens (tertiary/aromatic N) is 3. The van der Waals surface area contributed by atoms with Crippen molar-refractivity contribution in [3.05, 3.63) is 29.8 Å². The topological polar surface area (TPSA) is 98.1 Å². The molecule has 0 fully saturated rings. The summed E-state index contributed by atoms with van der Waals surface area (Å²) >= 11 is 0. The van der Waals surface area contributed by atoms with E-state index < -0.39 is 17.5 Å². The summed E-state index contributed by atoms with van der Waals surface area (Å²) in [5.41, 5.74) is 0.241. The van der Waals surface area contributed by atoms with Crippen LogP contribution in [0.3, 0.4) is 0 Å². The highest BCUT2D eigenvalue weighted by atomic mass is 19.1. The molecule has 2 heterocycles. The van der Waals surface area contributed by atoms with Crippen molar-refractivity contribution in [2.45, 2.75) is 71.4 Å². The summed E-state index contributed by atoms with van der Waals surface area (Å²) in [5, 5.41) is 13.8. The molecule has 2 N–H and O–H groups in total. The molecule has 1 aromatic heterocycles. The van der Waals surface area contributed by atoms with Crippen molar-refractivity contribution < 1.29 is 18.7 Å². The summed E-state index contributed by atoms with van der Waals surface area (Å²) < 4.78 is 21.5. The van der Waals surface area contributed by atoms with E-state index in [4.69, 9.17) is 4.74 Å². The average molecular weight is 432 g/mol. The first kappa shape index (κ1) is 22.7. The second kappa shape index (κ2) is 9.89. The first-order valence-corrected chi connectivity index (χ1v) is 10.7. The van der Waals surface area contributed by atoms with E-state index in [0.29, 0.717) is 17.8 Å². The van der Waals surface area contributed by atoms with Crippen molar-refractivity contribution in [2.75, 3.05) is 11.9 Å². The van der Waals surface area contributed by atoms with Crippen LogP contribution in [0.15, 0.2) is 18.2 Å². The van der Waals surface area contributed by atoms with Crippen LogP contribution < -0.4 is 10.6 Å². The minimum atomic E-state index is -0.577. The van der Waals surface area contributed by atoms with Crippen LogP contribution >= 0.6 is 0 Å². The number of nitrogens with one attached hydrogen (secondary N) is 2. The quantitative estimate of drug-likeness (QED) is 0.673. The molecule has 3 rings (SSSR count). The molecule has 0 spiro atoms. The summed E-state index contributed by atoms with van der Waals surface area (Å²) in [7, 11) is 0. The van der Waals surface area contributed by atoms with Crippen molar-refractivity contribution >= 4 is 17.7 Å². The first-order chi connectivity index (χ1) is 14.7. The van der Waals surface area contributed by atoms with Gasteiger partial charge >= 0.3 is 6.09 Å². The van der Waals surface area contributed by atoms with Crippen molar-refractivity contribution in [1.82, 2.24) is 20.1 Å². The molecule has 1 aliphatic rings. The zero-order valence-electron chi connectivity index (χ0n) is 18.3. The molecule has 0 saturated heterocycles. The molecule has 0 saturated carbocycles. The number of anilines is 1. The number of halogens is 1. The molecule has 168 valence electrons. The number of ether oxygens (including phenoxy) is 1. The Morgan fingerprint density at radius 2 is 2.00 bits per heavy atom. The highest BCUT2D eigenvalue weighted by Gasteiger charge is 2.18. The van der Waals surface area contributed by atoms with Gasteiger partial charge in [0.05, 0.1) is 5.69 Å². The van der Waals surface area contributed by atoms with Crippen LogP contribution in [0.1, 0.15) is 58.7 Å². The Hall–Kier alpha value is -2.97. The number of amides is 2. The summed E-state index contributed by atoms with van der Waals surface area (Å²) in [6, 6.07) is 4.57. The van der Waals surface area contributed by atoms with E-state index in [1.165, 1.54) is 6.07 Å². The lowest BCUT2D eigenvalue weighted by molar-refractivity contribution is -0.116. The highest BCUT2D eigenvalue weighted by molar-refractivity contribution is 5.91. The van der Waals surface area contributed by atoms with Gasteiger partial charge in [-0.1, -0.05) is 6.42 Å². The summed E-state index contributed by atoms with van der Waals surface area (Å²) in [5.74, 6) is 0.788. The Kier molecular flexibility index (Phi) is 7.25. The number of aromatic nitrogens is 3. The Balaban J connectivity index is 1.57. The molecule has 2 aromatic rings. The molecule has 2 amide bonds. The third kappa shape index (κ3) is 6.50. The molecule has 1 aliphatic heterocycles. The van der Waals surface area contributed by atoms with Gasteiger partial charge in [0, 0.05) is 31.5 Å². The number of hydrogen-bond acceptors (Lipinski definition) is 5. The molecular weight excluding hydrogens is 401 g/mol. The summed E-state index contributed by atoms with van der Waals surface area (Å²) in [6.45, 7) is 6.46. The van der Waals surface area contributed by atoms with Crippen LogP contribution in [0.5, 0.6) is 0 Å². The lowest BCUT2D eigenvalue weighted by Gasteiger charge is -2.19. The Bertz CT molecular complexity index is 936. The molecule has 8 nitrogen and oxygen atoms in total. The van der Waals surface area contributed by atoms with E-state index in [0.717, 1.165) is 38.1 Å². The molecule has 9 heteroatoms. The molecule has 0 unspecified atom stereocenters. The second-order valence-corrected chi connectivity index (χ2v) is 8.68. The number of hydrogen-bond donors (Lipinski definition) is 2. The fourth-order valence-electron chi connectivity index (χ4n) is 3.43. The van der Waals surface area contributed by atoms with Crippen LogP contribution in [0.25, 0.3) is 11.4 Å². The van der Waals surface area contributed by atoms with Crippen LogP contribution in [0.4, 0.5) is 14.9 Å².